The van der Waals surface area contributed by atoms with Gasteiger partial charge in [-0.1, -0.05) is 4.57 Å². The Morgan fingerprint density at radius 1 is 0.842 bits per heavy atom. The maximum Gasteiger partial charge on any atom is 0.410 e. The zero-order chi connectivity index (χ0) is 27.8. The fourth-order valence-corrected chi connectivity index (χ4v) is 4.72. The Morgan fingerprint density at radius 3 is 1.79 bits per heavy atom. The van der Waals surface area contributed by atoms with Crippen molar-refractivity contribution in [3.8, 4) is 0 Å². The van der Waals surface area contributed by atoms with Gasteiger partial charge >= 0.3 is 26.1 Å². The van der Waals surface area contributed by atoms with Gasteiger partial charge in [-0.05, 0) is 83.1 Å². The standard InChI is InChI=1S/C27H37N4O6P/c1-6-35-27(38-34,36-7-2)20-8-10-21(11-9-20)28-24(32)29-22-12-14-23(15-13-22)30-16-18-31(19-17-30)25(33)37-26(3,4)5/h8-15H,6-7,16-19H2,1-5H3,(H2,28,29,32)/p+1. The van der Waals surface area contributed by atoms with Gasteiger partial charge < -0.3 is 34.6 Å². The number of ether oxygens (including phenoxy) is 3. The van der Waals surface area contributed by atoms with Crippen LogP contribution in [0.4, 0.5) is 26.7 Å². The van der Waals surface area contributed by atoms with Crippen LogP contribution in [0, 0.1) is 0 Å². The Bertz CT molecular complexity index is 1070. The lowest BCUT2D eigenvalue weighted by Gasteiger charge is -2.36. The molecule has 1 unspecified atom stereocenters. The third-order valence-electron chi connectivity index (χ3n) is 5.77. The quantitative estimate of drug-likeness (QED) is 0.312. The van der Waals surface area contributed by atoms with Crippen LogP contribution in [-0.2, 0) is 24.3 Å². The van der Waals surface area contributed by atoms with Crippen molar-refractivity contribution in [3.05, 3.63) is 54.1 Å². The Morgan fingerprint density at radius 2 is 1.34 bits per heavy atom. The second kappa shape index (κ2) is 13.0. The summed E-state index contributed by atoms with van der Waals surface area (Å²) in [7, 11) is -0.841. The lowest BCUT2D eigenvalue weighted by atomic mass is 10.2. The molecule has 0 saturated carbocycles. The number of rotatable bonds is 9. The van der Waals surface area contributed by atoms with Gasteiger partial charge in [0.25, 0.3) is 0 Å². The lowest BCUT2D eigenvalue weighted by molar-refractivity contribution is -0.176. The number of amides is 3. The largest absolute Gasteiger partial charge is 0.444 e. The van der Waals surface area contributed by atoms with Gasteiger partial charge in [0.05, 0.1) is 18.8 Å². The van der Waals surface area contributed by atoms with E-state index in [2.05, 4.69) is 15.5 Å². The van der Waals surface area contributed by atoms with E-state index in [1.165, 1.54) is 0 Å². The first kappa shape index (κ1) is 29.4. The van der Waals surface area contributed by atoms with Crippen LogP contribution < -0.4 is 15.5 Å². The molecule has 10 nitrogen and oxygen atoms in total. The third-order valence-corrected chi connectivity index (χ3v) is 6.62. The van der Waals surface area contributed by atoms with Crippen LogP contribution in [0.15, 0.2) is 48.5 Å². The summed E-state index contributed by atoms with van der Waals surface area (Å²) in [6, 6.07) is 14.0. The van der Waals surface area contributed by atoms with Crippen LogP contribution in [0.1, 0.15) is 40.2 Å². The molecule has 0 aliphatic carbocycles. The predicted octanol–water partition coefficient (Wildman–Crippen LogP) is 5.60. The number of hydrogen-bond donors (Lipinski definition) is 2. The average Bonchev–Trinajstić information content (AvgIpc) is 2.88. The highest BCUT2D eigenvalue weighted by Crippen LogP contribution is 2.38. The van der Waals surface area contributed by atoms with Gasteiger partial charge in [-0.2, -0.15) is 0 Å². The zero-order valence-corrected chi connectivity index (χ0v) is 23.7. The number of carbonyl (C=O) groups is 2. The molecule has 0 radical (unpaired) electrons. The van der Waals surface area contributed by atoms with Crippen molar-refractivity contribution in [2.75, 3.05) is 54.9 Å². The van der Waals surface area contributed by atoms with Crippen LogP contribution in [0.5, 0.6) is 0 Å². The molecule has 1 fully saturated rings. The Labute approximate surface area is 225 Å². The van der Waals surface area contributed by atoms with Gasteiger partial charge in [-0.3, -0.25) is 0 Å². The topological polar surface area (TPSA) is 109 Å². The average molecular weight is 546 g/mol. The molecule has 1 atom stereocenters. The van der Waals surface area contributed by atoms with E-state index in [9.17, 15) is 14.2 Å². The minimum absolute atomic E-state index is 0.286. The summed E-state index contributed by atoms with van der Waals surface area (Å²) in [5.74, 6) is 0. The van der Waals surface area contributed by atoms with Crippen LogP contribution in [0.3, 0.4) is 0 Å². The number of carbonyl (C=O) groups excluding carboxylic acids is 2. The molecule has 0 aromatic heterocycles. The fraction of sp³-hybridized carbons (Fsp3) is 0.481. The summed E-state index contributed by atoms with van der Waals surface area (Å²) in [4.78, 5) is 28.7. The molecule has 0 bridgehead atoms. The molecule has 11 heteroatoms. The minimum atomic E-state index is -1.31. The molecule has 1 aliphatic rings. The number of benzene rings is 2. The highest BCUT2D eigenvalue weighted by molar-refractivity contribution is 7.24. The summed E-state index contributed by atoms with van der Waals surface area (Å²) >= 11 is 0. The lowest BCUT2D eigenvalue weighted by Crippen LogP contribution is -2.50. The number of anilines is 3. The number of piperazine rings is 1. The van der Waals surface area contributed by atoms with E-state index in [-0.39, 0.29) is 12.1 Å². The molecule has 1 aliphatic heterocycles. The smallest absolute Gasteiger partial charge is 0.410 e. The van der Waals surface area contributed by atoms with Crippen LogP contribution >= 0.6 is 8.46 Å². The van der Waals surface area contributed by atoms with E-state index in [1.807, 2.05) is 58.9 Å². The molecule has 2 aromatic carbocycles. The first-order chi connectivity index (χ1) is 18.1. The van der Waals surface area contributed by atoms with Gasteiger partial charge in [-0.15, -0.1) is 0 Å². The zero-order valence-electron chi connectivity index (χ0n) is 22.7. The van der Waals surface area contributed by atoms with Crippen molar-refractivity contribution in [2.45, 2.75) is 45.7 Å². The molecule has 206 valence electrons. The van der Waals surface area contributed by atoms with Gasteiger partial charge in [0, 0.05) is 43.2 Å². The third kappa shape index (κ3) is 7.90. The van der Waals surface area contributed by atoms with E-state index in [0.29, 0.717) is 56.3 Å². The van der Waals surface area contributed by atoms with Gasteiger partial charge in [-0.25, -0.2) is 9.59 Å². The SMILES string of the molecule is CCOC(OCC)([PH+]=O)c1ccc(NC(=O)Nc2ccc(N3CCN(C(=O)OC(C)(C)C)CC3)cc2)cc1. The Balaban J connectivity index is 1.52. The van der Waals surface area contributed by atoms with Crippen molar-refractivity contribution < 1.29 is 28.4 Å². The molecule has 3 rings (SSSR count). The van der Waals surface area contributed by atoms with Gasteiger partial charge in [0.1, 0.15) is 5.60 Å². The van der Waals surface area contributed by atoms with Crippen molar-refractivity contribution in [1.29, 1.82) is 0 Å². The number of nitrogens with zero attached hydrogens (tertiary/aromatic N) is 2. The summed E-state index contributed by atoms with van der Waals surface area (Å²) < 4.78 is 28.6. The summed E-state index contributed by atoms with van der Waals surface area (Å²) in [5, 5.41) is 5.62. The second-order valence-corrected chi connectivity index (χ2v) is 10.6. The molecule has 38 heavy (non-hydrogen) atoms. The van der Waals surface area contributed by atoms with E-state index < -0.39 is 19.6 Å². The Kier molecular flexibility index (Phi) is 10.1. The van der Waals surface area contributed by atoms with Crippen molar-refractivity contribution in [3.63, 3.8) is 0 Å². The summed E-state index contributed by atoms with van der Waals surface area (Å²) in [6.45, 7) is 12.5. The van der Waals surface area contributed by atoms with Crippen LogP contribution in [0.2, 0.25) is 0 Å². The molecule has 2 aromatic rings. The summed E-state index contributed by atoms with van der Waals surface area (Å²) in [6.07, 6.45) is -0.286. The second-order valence-electron chi connectivity index (χ2n) is 9.74. The monoisotopic (exact) mass is 545 g/mol. The maximum absolute atomic E-state index is 12.5. The van der Waals surface area contributed by atoms with Crippen molar-refractivity contribution in [2.24, 2.45) is 0 Å². The Hall–Kier alpha value is -3.20. The molecule has 2 N–H and O–H groups in total. The van der Waals surface area contributed by atoms with E-state index >= 15 is 0 Å². The van der Waals surface area contributed by atoms with E-state index in [1.54, 1.807) is 29.2 Å². The predicted molar refractivity (Wildman–Crippen MR) is 149 cm³/mol. The molecule has 1 heterocycles. The molecule has 3 amide bonds. The first-order valence-electron chi connectivity index (χ1n) is 12.8. The summed E-state index contributed by atoms with van der Waals surface area (Å²) in [5.41, 5.74) is 1.03. The maximum atomic E-state index is 12.5. The number of hydrogen-bond acceptors (Lipinski definition) is 7. The van der Waals surface area contributed by atoms with Crippen LogP contribution in [0.25, 0.3) is 0 Å². The van der Waals surface area contributed by atoms with Crippen molar-refractivity contribution >= 4 is 37.6 Å². The molecular weight excluding hydrogens is 507 g/mol. The first-order valence-corrected chi connectivity index (χ1v) is 13.7. The van der Waals surface area contributed by atoms with Gasteiger partial charge in [0.15, 0.2) is 0 Å². The number of urea groups is 1. The van der Waals surface area contributed by atoms with E-state index in [0.717, 1.165) is 5.69 Å². The van der Waals surface area contributed by atoms with E-state index in [4.69, 9.17) is 14.2 Å². The van der Waals surface area contributed by atoms with Crippen molar-refractivity contribution in [1.82, 2.24) is 4.90 Å². The van der Waals surface area contributed by atoms with Gasteiger partial charge in [0.2, 0.25) is 0 Å². The molecule has 0 spiro atoms. The fourth-order valence-electron chi connectivity index (χ4n) is 4.03. The minimum Gasteiger partial charge on any atom is -0.444 e. The molecular formula is C27H38N4O6P+. The number of nitrogens with one attached hydrogen (secondary N) is 2. The molecule has 1 saturated heterocycles. The van der Waals surface area contributed by atoms with Crippen LogP contribution in [-0.4, -0.2) is 62.0 Å². The highest BCUT2D eigenvalue weighted by atomic mass is 31.1. The normalized spacial score (nSPS) is 14.3. The highest BCUT2D eigenvalue weighted by Gasteiger charge is 2.43.